The molecule has 2 aromatic rings. The van der Waals surface area contributed by atoms with E-state index in [4.69, 9.17) is 16.4 Å². The summed E-state index contributed by atoms with van der Waals surface area (Å²) < 4.78 is 0. The number of nitrogens with zero attached hydrogens (tertiary/aromatic N) is 1. The molecule has 0 bridgehead atoms. The summed E-state index contributed by atoms with van der Waals surface area (Å²) in [4.78, 5) is 5.21. The quantitative estimate of drug-likeness (QED) is 0.347. The second kappa shape index (κ2) is 6.82. The molecule has 18 heavy (non-hydrogen) atoms. The molecule has 0 heterocycles. The van der Waals surface area contributed by atoms with E-state index in [1.54, 1.807) is 0 Å². The summed E-state index contributed by atoms with van der Waals surface area (Å²) in [5, 5.41) is 4.19. The first kappa shape index (κ1) is 12.7. The summed E-state index contributed by atoms with van der Waals surface area (Å²) in [7, 11) is 0. The highest BCUT2D eigenvalue weighted by molar-refractivity contribution is 6.18. The van der Waals surface area contributed by atoms with Gasteiger partial charge in [-0.2, -0.15) is 0 Å². The smallest absolute Gasteiger partial charge is 0.130 e. The average molecular weight is 260 g/mol. The number of halogens is 1. The van der Waals surface area contributed by atoms with Crippen LogP contribution in [0.25, 0.3) is 0 Å². The van der Waals surface area contributed by atoms with Crippen molar-refractivity contribution < 1.29 is 4.84 Å². The molecule has 92 valence electrons. The highest BCUT2D eigenvalue weighted by Crippen LogP contribution is 2.11. The Hall–Kier alpha value is -1.80. The summed E-state index contributed by atoms with van der Waals surface area (Å²) in [6.07, 6.45) is 0. The standard InChI is InChI=1S/C15H14ClNO/c16-11-12-18-17-15(13-7-3-1-4-8-13)14-9-5-2-6-10-14/h1-10H,11-12H2. The van der Waals surface area contributed by atoms with Gasteiger partial charge in [0.05, 0.1) is 5.88 Å². The Morgan fingerprint density at radius 2 is 1.39 bits per heavy atom. The van der Waals surface area contributed by atoms with Crippen molar-refractivity contribution in [2.24, 2.45) is 5.16 Å². The lowest BCUT2D eigenvalue weighted by molar-refractivity contribution is 0.161. The maximum absolute atomic E-state index is 5.58. The van der Waals surface area contributed by atoms with Crippen LogP contribution < -0.4 is 0 Å². The molecule has 0 amide bonds. The zero-order valence-electron chi connectivity index (χ0n) is 9.92. The van der Waals surface area contributed by atoms with Gasteiger partial charge in [-0.05, 0) is 0 Å². The van der Waals surface area contributed by atoms with Crippen LogP contribution in [0, 0.1) is 0 Å². The third-order valence-electron chi connectivity index (χ3n) is 2.42. The first-order valence-corrected chi connectivity index (χ1v) is 6.32. The fraction of sp³-hybridized carbons (Fsp3) is 0.133. The van der Waals surface area contributed by atoms with E-state index in [0.717, 1.165) is 16.8 Å². The lowest BCUT2D eigenvalue weighted by Crippen LogP contribution is -2.04. The summed E-state index contributed by atoms with van der Waals surface area (Å²) in [5.74, 6) is 0.431. The van der Waals surface area contributed by atoms with Gasteiger partial charge in [-0.1, -0.05) is 65.8 Å². The first-order valence-electron chi connectivity index (χ1n) is 5.78. The Morgan fingerprint density at radius 1 is 0.889 bits per heavy atom. The van der Waals surface area contributed by atoms with Crippen LogP contribution in [-0.2, 0) is 4.84 Å². The minimum Gasteiger partial charge on any atom is -0.394 e. The van der Waals surface area contributed by atoms with Crippen LogP contribution >= 0.6 is 11.6 Å². The van der Waals surface area contributed by atoms with E-state index in [0.29, 0.717) is 12.5 Å². The number of hydrogen-bond acceptors (Lipinski definition) is 2. The number of oxime groups is 1. The summed E-state index contributed by atoms with van der Waals surface area (Å²) in [6.45, 7) is 0.407. The molecule has 2 aromatic carbocycles. The molecule has 0 aliphatic rings. The molecule has 0 spiro atoms. The van der Waals surface area contributed by atoms with Gasteiger partial charge in [0, 0.05) is 11.1 Å². The van der Waals surface area contributed by atoms with Gasteiger partial charge in [0.15, 0.2) is 0 Å². The van der Waals surface area contributed by atoms with Gasteiger partial charge in [0.25, 0.3) is 0 Å². The molecule has 0 unspecified atom stereocenters. The van der Waals surface area contributed by atoms with Gasteiger partial charge < -0.3 is 4.84 Å². The molecule has 2 nitrogen and oxygen atoms in total. The van der Waals surface area contributed by atoms with Gasteiger partial charge in [0.2, 0.25) is 0 Å². The van der Waals surface area contributed by atoms with Crippen LogP contribution in [0.5, 0.6) is 0 Å². The van der Waals surface area contributed by atoms with E-state index in [1.807, 2.05) is 60.7 Å². The van der Waals surface area contributed by atoms with Crippen molar-refractivity contribution in [2.45, 2.75) is 0 Å². The number of benzene rings is 2. The molecule has 0 aliphatic heterocycles. The highest BCUT2D eigenvalue weighted by atomic mass is 35.5. The van der Waals surface area contributed by atoms with Gasteiger partial charge in [-0.25, -0.2) is 0 Å². The molecule has 0 saturated carbocycles. The monoisotopic (exact) mass is 259 g/mol. The lowest BCUT2D eigenvalue weighted by atomic mass is 10.0. The average Bonchev–Trinajstić information content (AvgIpc) is 2.46. The number of rotatable bonds is 5. The van der Waals surface area contributed by atoms with Gasteiger partial charge in [-0.3, -0.25) is 0 Å². The minimum absolute atomic E-state index is 0.407. The second-order valence-electron chi connectivity index (χ2n) is 3.69. The normalized spacial score (nSPS) is 9.83. The zero-order chi connectivity index (χ0) is 12.6. The first-order chi connectivity index (χ1) is 8.92. The van der Waals surface area contributed by atoms with Crippen molar-refractivity contribution in [3.8, 4) is 0 Å². The van der Waals surface area contributed by atoms with Crippen LogP contribution in [0.15, 0.2) is 65.8 Å². The molecule has 0 aromatic heterocycles. The van der Waals surface area contributed by atoms with E-state index in [2.05, 4.69) is 5.16 Å². The third-order valence-corrected chi connectivity index (χ3v) is 2.57. The van der Waals surface area contributed by atoms with Crippen LogP contribution in [0.3, 0.4) is 0 Å². The lowest BCUT2D eigenvalue weighted by Gasteiger charge is -2.06. The Bertz CT molecular complexity index is 455. The third kappa shape index (κ3) is 3.34. The van der Waals surface area contributed by atoms with Gasteiger partial charge in [-0.15, -0.1) is 11.6 Å². The fourth-order valence-corrected chi connectivity index (χ4v) is 1.68. The molecular weight excluding hydrogens is 246 g/mol. The highest BCUT2D eigenvalue weighted by Gasteiger charge is 2.06. The molecule has 0 fully saturated rings. The van der Waals surface area contributed by atoms with Gasteiger partial charge in [0.1, 0.15) is 12.3 Å². The van der Waals surface area contributed by atoms with Gasteiger partial charge >= 0.3 is 0 Å². The zero-order valence-corrected chi connectivity index (χ0v) is 10.7. The SMILES string of the molecule is ClCCON=C(c1ccccc1)c1ccccc1. The van der Waals surface area contributed by atoms with Crippen molar-refractivity contribution in [1.29, 1.82) is 0 Å². The van der Waals surface area contributed by atoms with Crippen molar-refractivity contribution >= 4 is 17.3 Å². The summed E-state index contributed by atoms with van der Waals surface area (Å²) in [5.41, 5.74) is 2.87. The molecule has 2 rings (SSSR count). The Labute approximate surface area is 112 Å². The summed E-state index contributed by atoms with van der Waals surface area (Å²) in [6, 6.07) is 19.9. The van der Waals surface area contributed by atoms with E-state index in [9.17, 15) is 0 Å². The molecule has 0 radical (unpaired) electrons. The number of alkyl halides is 1. The van der Waals surface area contributed by atoms with E-state index in [1.165, 1.54) is 0 Å². The molecule has 0 aliphatic carbocycles. The largest absolute Gasteiger partial charge is 0.394 e. The van der Waals surface area contributed by atoms with E-state index >= 15 is 0 Å². The van der Waals surface area contributed by atoms with Crippen LogP contribution in [-0.4, -0.2) is 18.2 Å². The van der Waals surface area contributed by atoms with Crippen molar-refractivity contribution in [3.63, 3.8) is 0 Å². The van der Waals surface area contributed by atoms with Crippen molar-refractivity contribution in [3.05, 3.63) is 71.8 Å². The summed E-state index contributed by atoms with van der Waals surface area (Å²) >= 11 is 5.58. The predicted octanol–water partition coefficient (Wildman–Crippen LogP) is 3.69. The van der Waals surface area contributed by atoms with Crippen LogP contribution in [0.2, 0.25) is 0 Å². The minimum atomic E-state index is 0.407. The molecule has 3 heteroatoms. The predicted molar refractivity (Wildman–Crippen MR) is 75.2 cm³/mol. The Kier molecular flexibility index (Phi) is 4.79. The fourth-order valence-electron chi connectivity index (χ4n) is 1.61. The second-order valence-corrected chi connectivity index (χ2v) is 4.07. The topological polar surface area (TPSA) is 21.6 Å². The molecule has 0 saturated heterocycles. The van der Waals surface area contributed by atoms with Crippen LogP contribution in [0.1, 0.15) is 11.1 Å². The van der Waals surface area contributed by atoms with Crippen molar-refractivity contribution in [1.82, 2.24) is 0 Å². The maximum atomic E-state index is 5.58. The molecule has 0 atom stereocenters. The molecule has 0 N–H and O–H groups in total. The number of hydrogen-bond donors (Lipinski definition) is 0. The van der Waals surface area contributed by atoms with Crippen molar-refractivity contribution in [2.75, 3.05) is 12.5 Å². The maximum Gasteiger partial charge on any atom is 0.130 e. The molecular formula is C15H14ClNO. The Balaban J connectivity index is 2.33. The van der Waals surface area contributed by atoms with E-state index < -0.39 is 0 Å². The van der Waals surface area contributed by atoms with Crippen LogP contribution in [0.4, 0.5) is 0 Å². The van der Waals surface area contributed by atoms with E-state index in [-0.39, 0.29) is 0 Å². The Morgan fingerprint density at radius 3 is 1.83 bits per heavy atom.